The Kier molecular flexibility index (Phi) is 6.68. The summed E-state index contributed by atoms with van der Waals surface area (Å²) in [5.41, 5.74) is -0.671. The van der Waals surface area contributed by atoms with Crippen LogP contribution >= 0.6 is 0 Å². The first kappa shape index (κ1) is 19.8. The molecule has 0 heterocycles. The van der Waals surface area contributed by atoms with Crippen LogP contribution in [0.25, 0.3) is 0 Å². The summed E-state index contributed by atoms with van der Waals surface area (Å²) >= 11 is 0. The molecule has 4 nitrogen and oxygen atoms in total. The maximum Gasteiger partial charge on any atom is 0.0691 e. The summed E-state index contributed by atoms with van der Waals surface area (Å²) in [5.74, 6) is 0.294. The molecular formula is C16H34O4. The fourth-order valence-corrected chi connectivity index (χ4v) is 3.19. The summed E-state index contributed by atoms with van der Waals surface area (Å²) in [7, 11) is 0. The molecule has 0 aromatic rings. The molecule has 0 bridgehead atoms. The van der Waals surface area contributed by atoms with Gasteiger partial charge in [0.15, 0.2) is 0 Å². The lowest BCUT2D eigenvalue weighted by atomic mass is 9.51. The smallest absolute Gasteiger partial charge is 0.0691 e. The van der Waals surface area contributed by atoms with Crippen LogP contribution in [0.3, 0.4) is 0 Å². The lowest BCUT2D eigenvalue weighted by Gasteiger charge is -2.59. The Balaban J connectivity index is 0.000000361. The van der Waals surface area contributed by atoms with E-state index in [1.807, 2.05) is 48.5 Å². The van der Waals surface area contributed by atoms with Gasteiger partial charge in [0.1, 0.15) is 0 Å². The Bertz CT molecular complexity index is 267. The highest BCUT2D eigenvalue weighted by Gasteiger charge is 2.60. The van der Waals surface area contributed by atoms with Crippen LogP contribution in [0.2, 0.25) is 0 Å². The van der Waals surface area contributed by atoms with Gasteiger partial charge in [-0.25, -0.2) is 0 Å². The predicted molar refractivity (Wildman–Crippen MR) is 81.3 cm³/mol. The van der Waals surface area contributed by atoms with Crippen molar-refractivity contribution in [2.24, 2.45) is 22.2 Å². The minimum atomic E-state index is -0.380. The van der Waals surface area contributed by atoms with Crippen LogP contribution in [0.4, 0.5) is 0 Å². The van der Waals surface area contributed by atoms with E-state index in [2.05, 4.69) is 0 Å². The van der Waals surface area contributed by atoms with Crippen LogP contribution in [0, 0.1) is 22.2 Å². The Morgan fingerprint density at radius 1 is 0.950 bits per heavy atom. The quantitative estimate of drug-likeness (QED) is 0.636. The largest absolute Gasteiger partial charge is 0.396 e. The third kappa shape index (κ3) is 4.42. The second-order valence-corrected chi connectivity index (χ2v) is 8.26. The molecule has 4 heteroatoms. The summed E-state index contributed by atoms with van der Waals surface area (Å²) < 4.78 is 0. The molecule has 1 rings (SSSR count). The zero-order valence-electron chi connectivity index (χ0n) is 14.1. The van der Waals surface area contributed by atoms with Crippen molar-refractivity contribution in [3.8, 4) is 0 Å². The molecule has 0 spiro atoms. The van der Waals surface area contributed by atoms with Crippen molar-refractivity contribution in [1.29, 1.82) is 0 Å². The number of hydrogen-bond donors (Lipinski definition) is 4. The van der Waals surface area contributed by atoms with Crippen molar-refractivity contribution in [1.82, 2.24) is 0 Å². The van der Waals surface area contributed by atoms with Crippen LogP contribution < -0.4 is 0 Å². The highest BCUT2D eigenvalue weighted by molar-refractivity contribution is 5.09. The molecule has 1 aliphatic carbocycles. The van der Waals surface area contributed by atoms with Crippen molar-refractivity contribution in [2.45, 2.75) is 67.1 Å². The fourth-order valence-electron chi connectivity index (χ4n) is 3.19. The van der Waals surface area contributed by atoms with Crippen molar-refractivity contribution >= 4 is 0 Å². The van der Waals surface area contributed by atoms with Gasteiger partial charge in [-0.15, -0.1) is 0 Å². The molecule has 1 unspecified atom stereocenters. The summed E-state index contributed by atoms with van der Waals surface area (Å²) in [4.78, 5) is 0. The third-order valence-corrected chi connectivity index (χ3v) is 4.46. The first-order valence-corrected chi connectivity index (χ1v) is 7.40. The van der Waals surface area contributed by atoms with Crippen LogP contribution in [0.1, 0.15) is 54.9 Å². The normalized spacial score (nSPS) is 28.9. The number of hydrogen-bond acceptors (Lipinski definition) is 4. The number of rotatable bonds is 4. The molecule has 20 heavy (non-hydrogen) atoms. The molecule has 1 saturated carbocycles. The number of aliphatic hydroxyl groups is 4. The van der Waals surface area contributed by atoms with Crippen molar-refractivity contribution < 1.29 is 20.4 Å². The van der Waals surface area contributed by atoms with E-state index in [1.54, 1.807) is 0 Å². The van der Waals surface area contributed by atoms with E-state index < -0.39 is 0 Å². The van der Waals surface area contributed by atoms with Crippen LogP contribution in [-0.4, -0.2) is 45.8 Å². The van der Waals surface area contributed by atoms with E-state index in [4.69, 9.17) is 10.2 Å². The summed E-state index contributed by atoms with van der Waals surface area (Å²) in [5, 5.41) is 36.6. The van der Waals surface area contributed by atoms with E-state index >= 15 is 0 Å². The Morgan fingerprint density at radius 2 is 1.30 bits per heavy atom. The summed E-state index contributed by atoms with van der Waals surface area (Å²) in [6.07, 6.45) is 0.116. The molecule has 0 aromatic heterocycles. The zero-order valence-corrected chi connectivity index (χ0v) is 14.1. The third-order valence-electron chi connectivity index (χ3n) is 4.46. The van der Waals surface area contributed by atoms with Gasteiger partial charge < -0.3 is 20.4 Å². The van der Waals surface area contributed by atoms with E-state index in [-0.39, 0.29) is 41.7 Å². The Hall–Kier alpha value is -0.160. The van der Waals surface area contributed by atoms with E-state index in [1.165, 1.54) is 0 Å². The average molecular weight is 290 g/mol. The van der Waals surface area contributed by atoms with Gasteiger partial charge in [0.05, 0.1) is 12.2 Å². The molecule has 122 valence electrons. The fraction of sp³-hybridized carbons (Fsp3) is 1.00. The zero-order chi connectivity index (χ0) is 16.4. The topological polar surface area (TPSA) is 80.9 Å². The van der Waals surface area contributed by atoms with Crippen molar-refractivity contribution in [2.75, 3.05) is 13.2 Å². The second kappa shape index (κ2) is 6.73. The van der Waals surface area contributed by atoms with E-state index in [9.17, 15) is 10.2 Å². The maximum atomic E-state index is 9.51. The lowest BCUT2D eigenvalue weighted by molar-refractivity contribution is -0.247. The van der Waals surface area contributed by atoms with Gasteiger partial charge in [-0.2, -0.15) is 0 Å². The van der Waals surface area contributed by atoms with Crippen molar-refractivity contribution in [3.05, 3.63) is 0 Å². The molecule has 1 aliphatic rings. The Labute approximate surface area is 123 Å². The lowest BCUT2D eigenvalue weighted by Crippen LogP contribution is -2.67. The monoisotopic (exact) mass is 290 g/mol. The van der Waals surface area contributed by atoms with Gasteiger partial charge in [0, 0.05) is 24.0 Å². The van der Waals surface area contributed by atoms with Crippen LogP contribution in [0.5, 0.6) is 0 Å². The summed E-state index contributed by atoms with van der Waals surface area (Å²) in [6, 6.07) is 0. The molecule has 1 fully saturated rings. The molecule has 1 atom stereocenters. The maximum absolute atomic E-state index is 9.51. The molecule has 0 saturated heterocycles. The molecule has 4 N–H and O–H groups in total. The van der Waals surface area contributed by atoms with Crippen molar-refractivity contribution in [3.63, 3.8) is 0 Å². The minimum Gasteiger partial charge on any atom is -0.396 e. The molecular weight excluding hydrogens is 256 g/mol. The van der Waals surface area contributed by atoms with E-state index in [0.717, 1.165) is 6.42 Å². The SMILES string of the molecule is CC(CO)CC(C)(C)CO.CC1(C)C(O)C(C)(C)C1O. The number of aliphatic hydroxyl groups excluding tert-OH is 4. The summed E-state index contributed by atoms with van der Waals surface area (Å²) in [6.45, 7) is 13.9. The highest BCUT2D eigenvalue weighted by atomic mass is 16.3. The molecule has 0 aromatic carbocycles. The van der Waals surface area contributed by atoms with E-state index in [0.29, 0.717) is 5.92 Å². The highest BCUT2D eigenvalue weighted by Crippen LogP contribution is 2.53. The van der Waals surface area contributed by atoms with Gasteiger partial charge >= 0.3 is 0 Å². The van der Waals surface area contributed by atoms with Gasteiger partial charge in [-0.1, -0.05) is 48.5 Å². The second-order valence-electron chi connectivity index (χ2n) is 8.26. The van der Waals surface area contributed by atoms with Gasteiger partial charge in [-0.05, 0) is 17.8 Å². The first-order chi connectivity index (χ1) is 8.82. The molecule has 0 aliphatic heterocycles. The average Bonchev–Trinajstić information content (AvgIpc) is 2.36. The predicted octanol–water partition coefficient (Wildman–Crippen LogP) is 1.80. The first-order valence-electron chi connectivity index (χ1n) is 7.40. The van der Waals surface area contributed by atoms with Crippen LogP contribution in [0.15, 0.2) is 0 Å². The van der Waals surface area contributed by atoms with Gasteiger partial charge in [0.2, 0.25) is 0 Å². The standard InChI is InChI=1S/C8H16O2.C8H18O2/c1-7(2)5(9)8(3,4)6(7)10;1-7(5-9)4-8(2,3)6-10/h5-6,9-10H,1-4H3;7,9-10H,4-6H2,1-3H3. The molecule has 0 radical (unpaired) electrons. The van der Waals surface area contributed by atoms with Crippen LogP contribution in [-0.2, 0) is 0 Å². The van der Waals surface area contributed by atoms with Gasteiger partial charge in [-0.3, -0.25) is 0 Å². The minimum absolute atomic E-state index is 0.0395. The van der Waals surface area contributed by atoms with Gasteiger partial charge in [0.25, 0.3) is 0 Å². The molecule has 0 amide bonds. The Morgan fingerprint density at radius 3 is 1.50 bits per heavy atom.